The van der Waals surface area contributed by atoms with Crippen LogP contribution in [0.15, 0.2) is 4.99 Å². The molecule has 1 fully saturated rings. The lowest BCUT2D eigenvalue weighted by Crippen LogP contribution is -2.39. The highest BCUT2D eigenvalue weighted by Gasteiger charge is 2.40. The Morgan fingerprint density at radius 2 is 2.35 bits per heavy atom. The largest absolute Gasteiger partial charge is 0.477 e. The maximum atomic E-state index is 11.8. The van der Waals surface area contributed by atoms with Crippen LogP contribution >= 0.6 is 0 Å². The molecule has 0 saturated heterocycles. The molecular weight excluding hydrogens is 218 g/mol. The van der Waals surface area contributed by atoms with Crippen LogP contribution in [0.4, 0.5) is 0 Å². The van der Waals surface area contributed by atoms with E-state index in [-0.39, 0.29) is 12.1 Å². The van der Waals surface area contributed by atoms with E-state index in [1.807, 2.05) is 6.92 Å². The molecule has 4 heteroatoms. The molecule has 4 atom stereocenters. The van der Waals surface area contributed by atoms with Crippen LogP contribution in [0, 0.1) is 11.8 Å². The van der Waals surface area contributed by atoms with E-state index < -0.39 is 6.04 Å². The summed E-state index contributed by atoms with van der Waals surface area (Å²) in [5, 5.41) is 0. The molecule has 0 amide bonds. The van der Waals surface area contributed by atoms with Crippen molar-refractivity contribution in [3.05, 3.63) is 0 Å². The van der Waals surface area contributed by atoms with Gasteiger partial charge in [0.05, 0.1) is 6.61 Å². The van der Waals surface area contributed by atoms with Crippen LogP contribution in [-0.2, 0) is 14.3 Å². The van der Waals surface area contributed by atoms with Crippen LogP contribution in [0.2, 0.25) is 0 Å². The Kier molecular flexibility index (Phi) is 4.02. The quantitative estimate of drug-likeness (QED) is 0.709. The van der Waals surface area contributed by atoms with E-state index in [2.05, 4.69) is 11.9 Å². The van der Waals surface area contributed by atoms with Crippen molar-refractivity contribution >= 4 is 12.4 Å². The van der Waals surface area contributed by atoms with Crippen LogP contribution in [0.5, 0.6) is 0 Å². The highest BCUT2D eigenvalue weighted by atomic mass is 16.5. The summed E-state index contributed by atoms with van der Waals surface area (Å²) < 4.78 is 10.6. The second kappa shape index (κ2) is 5.52. The summed E-state index contributed by atoms with van der Waals surface area (Å²) in [7, 11) is 0. The number of nitrogens with zero attached hydrogens (tertiary/aromatic N) is 1. The van der Waals surface area contributed by atoms with Crippen molar-refractivity contribution in [3.63, 3.8) is 0 Å². The molecular formula is C13H21NO3. The van der Waals surface area contributed by atoms with Crippen LogP contribution in [0.1, 0.15) is 39.5 Å². The van der Waals surface area contributed by atoms with Gasteiger partial charge in [-0.25, -0.2) is 9.79 Å². The number of esters is 1. The maximum absolute atomic E-state index is 11.8. The highest BCUT2D eigenvalue weighted by molar-refractivity contribution is 5.79. The Labute approximate surface area is 102 Å². The van der Waals surface area contributed by atoms with E-state index in [9.17, 15) is 4.79 Å². The topological polar surface area (TPSA) is 47.9 Å². The van der Waals surface area contributed by atoms with E-state index in [1.165, 1.54) is 19.2 Å². The van der Waals surface area contributed by atoms with E-state index in [1.54, 1.807) is 0 Å². The van der Waals surface area contributed by atoms with Gasteiger partial charge in [-0.3, -0.25) is 0 Å². The predicted molar refractivity (Wildman–Crippen MR) is 64.9 cm³/mol. The van der Waals surface area contributed by atoms with Gasteiger partial charge in [-0.2, -0.15) is 0 Å². The molecule has 0 spiro atoms. The fourth-order valence-electron chi connectivity index (χ4n) is 2.90. The van der Waals surface area contributed by atoms with Crippen LogP contribution in [0.3, 0.4) is 0 Å². The number of ether oxygens (including phenoxy) is 2. The summed E-state index contributed by atoms with van der Waals surface area (Å²) in [6.45, 7) is 4.48. The van der Waals surface area contributed by atoms with Crippen LogP contribution in [0.25, 0.3) is 0 Å². The van der Waals surface area contributed by atoms with E-state index in [0.29, 0.717) is 12.5 Å². The molecule has 0 radical (unpaired) electrons. The third-order valence-corrected chi connectivity index (χ3v) is 3.72. The van der Waals surface area contributed by atoms with Crippen molar-refractivity contribution in [3.8, 4) is 0 Å². The number of hydrogen-bond donors (Lipinski definition) is 0. The first-order chi connectivity index (χ1) is 8.22. The van der Waals surface area contributed by atoms with Crippen molar-refractivity contribution in [2.24, 2.45) is 16.8 Å². The minimum absolute atomic E-state index is 0.100. The molecule has 0 N–H and O–H groups in total. The van der Waals surface area contributed by atoms with Crippen molar-refractivity contribution in [1.82, 2.24) is 0 Å². The van der Waals surface area contributed by atoms with Crippen molar-refractivity contribution < 1.29 is 14.3 Å². The zero-order valence-corrected chi connectivity index (χ0v) is 10.6. The summed E-state index contributed by atoms with van der Waals surface area (Å²) in [5.74, 6) is 0.918. The summed E-state index contributed by atoms with van der Waals surface area (Å²) in [6.07, 6.45) is 6.09. The van der Waals surface area contributed by atoms with E-state index in [4.69, 9.17) is 9.47 Å². The van der Waals surface area contributed by atoms with Gasteiger partial charge in [-0.1, -0.05) is 19.8 Å². The first-order valence-corrected chi connectivity index (χ1v) is 6.56. The monoisotopic (exact) mass is 239 g/mol. The summed E-state index contributed by atoms with van der Waals surface area (Å²) in [5.41, 5.74) is 0. The lowest BCUT2D eigenvalue weighted by Gasteiger charge is -2.31. The lowest BCUT2D eigenvalue weighted by atomic mass is 9.78. The number of carbonyl (C=O) groups is 1. The molecule has 17 heavy (non-hydrogen) atoms. The molecule has 4 nitrogen and oxygen atoms in total. The van der Waals surface area contributed by atoms with Gasteiger partial charge in [-0.15, -0.1) is 0 Å². The molecule has 2 rings (SSSR count). The fraction of sp³-hybridized carbons (Fsp3) is 0.846. The Hall–Kier alpha value is -1.06. The van der Waals surface area contributed by atoms with Gasteiger partial charge in [0.2, 0.25) is 0 Å². The van der Waals surface area contributed by atoms with Crippen LogP contribution in [-0.4, -0.2) is 31.1 Å². The van der Waals surface area contributed by atoms with Gasteiger partial charge < -0.3 is 9.47 Å². The molecule has 0 aromatic heterocycles. The number of rotatable bonds is 3. The number of carbonyl (C=O) groups excluding carboxylic acids is 1. The molecule has 1 saturated carbocycles. The molecule has 0 aromatic rings. The maximum Gasteiger partial charge on any atom is 0.334 e. The first-order valence-electron chi connectivity index (χ1n) is 6.56. The molecule has 4 unspecified atom stereocenters. The van der Waals surface area contributed by atoms with E-state index >= 15 is 0 Å². The van der Waals surface area contributed by atoms with Crippen molar-refractivity contribution in [1.29, 1.82) is 0 Å². The Morgan fingerprint density at radius 1 is 1.53 bits per heavy atom. The summed E-state index contributed by atoms with van der Waals surface area (Å²) >= 11 is 0. The molecule has 0 bridgehead atoms. The SMILES string of the molecule is CCOC(=O)C1N=COC1C1CCCC(C)C1. The third kappa shape index (κ3) is 2.79. The lowest BCUT2D eigenvalue weighted by molar-refractivity contribution is -0.147. The normalized spacial score (nSPS) is 36.6. The summed E-state index contributed by atoms with van der Waals surface area (Å²) in [6, 6.07) is -0.440. The Bertz CT molecular complexity index is 303. The zero-order chi connectivity index (χ0) is 12.3. The summed E-state index contributed by atoms with van der Waals surface area (Å²) in [4.78, 5) is 15.9. The van der Waals surface area contributed by atoms with Gasteiger partial charge in [-0.05, 0) is 31.6 Å². The predicted octanol–water partition coefficient (Wildman–Crippen LogP) is 2.17. The number of hydrogen-bond acceptors (Lipinski definition) is 4. The standard InChI is InChI=1S/C13H21NO3/c1-3-16-13(15)11-12(17-8-14-11)10-6-4-5-9(2)7-10/h8-12H,3-7H2,1-2H3. The molecule has 1 aliphatic heterocycles. The average molecular weight is 239 g/mol. The minimum Gasteiger partial charge on any atom is -0.477 e. The molecule has 1 aliphatic carbocycles. The molecule has 2 aliphatic rings. The van der Waals surface area contributed by atoms with Gasteiger partial charge in [0.25, 0.3) is 0 Å². The Morgan fingerprint density at radius 3 is 3.06 bits per heavy atom. The van der Waals surface area contributed by atoms with Gasteiger partial charge in [0, 0.05) is 0 Å². The second-order valence-electron chi connectivity index (χ2n) is 5.08. The van der Waals surface area contributed by atoms with Crippen LogP contribution < -0.4 is 0 Å². The van der Waals surface area contributed by atoms with Gasteiger partial charge in [0.1, 0.15) is 6.10 Å². The minimum atomic E-state index is -0.440. The van der Waals surface area contributed by atoms with E-state index in [0.717, 1.165) is 18.8 Å². The first kappa shape index (κ1) is 12.4. The van der Waals surface area contributed by atoms with Gasteiger partial charge in [0.15, 0.2) is 12.4 Å². The smallest absolute Gasteiger partial charge is 0.334 e. The molecule has 0 aromatic carbocycles. The van der Waals surface area contributed by atoms with Gasteiger partial charge >= 0.3 is 5.97 Å². The fourth-order valence-corrected chi connectivity index (χ4v) is 2.90. The molecule has 96 valence electrons. The third-order valence-electron chi connectivity index (χ3n) is 3.72. The van der Waals surface area contributed by atoms with Crippen molar-refractivity contribution in [2.75, 3.05) is 6.61 Å². The Balaban J connectivity index is 1.97. The number of aliphatic imine (C=N–C) groups is 1. The zero-order valence-electron chi connectivity index (χ0n) is 10.6. The van der Waals surface area contributed by atoms with Crippen molar-refractivity contribution in [2.45, 2.75) is 51.7 Å². The average Bonchev–Trinajstić information content (AvgIpc) is 2.78. The highest BCUT2D eigenvalue weighted by Crippen LogP contribution is 2.35. The molecule has 1 heterocycles. The second-order valence-corrected chi connectivity index (χ2v) is 5.08.